The van der Waals surface area contributed by atoms with Crippen LogP contribution in [-0.2, 0) is 14.8 Å². The van der Waals surface area contributed by atoms with Crippen molar-refractivity contribution < 1.29 is 17.9 Å². The second kappa shape index (κ2) is 9.84. The average molecular weight is 431 g/mol. The van der Waals surface area contributed by atoms with E-state index in [2.05, 4.69) is 10.5 Å². The largest absolute Gasteiger partial charge is 0.497 e. The number of hydrazone groups is 1. The molecule has 0 spiro atoms. The normalized spacial score (nSPS) is 15.9. The number of hydrogen-bond donors (Lipinski definition) is 1. The van der Waals surface area contributed by atoms with Gasteiger partial charge >= 0.3 is 0 Å². The molecule has 0 unspecified atom stereocenters. The van der Waals surface area contributed by atoms with Crippen LogP contribution in [0.3, 0.4) is 0 Å². The topological polar surface area (TPSA) is 91.3 Å². The van der Waals surface area contributed by atoms with Crippen molar-refractivity contribution in [3.63, 3.8) is 0 Å². The van der Waals surface area contributed by atoms with Crippen LogP contribution < -0.4 is 10.2 Å². The van der Waals surface area contributed by atoms with Gasteiger partial charge in [0.25, 0.3) is 5.91 Å². The van der Waals surface area contributed by atoms with Crippen LogP contribution >= 0.6 is 0 Å². The molecule has 1 N–H and O–H groups in total. The molecule has 9 heteroatoms. The number of ether oxygens (including phenoxy) is 1. The summed E-state index contributed by atoms with van der Waals surface area (Å²) in [4.78, 5) is 14.3. The van der Waals surface area contributed by atoms with Gasteiger partial charge in [0.15, 0.2) is 0 Å². The number of nitrogens with one attached hydrogen (secondary N) is 1. The number of methoxy groups -OCH3 is 1. The molecule has 1 fully saturated rings. The van der Waals surface area contributed by atoms with Crippen LogP contribution in [0.2, 0.25) is 0 Å². The van der Waals surface area contributed by atoms with Crippen LogP contribution in [0.15, 0.2) is 58.5 Å². The second-order valence-electron chi connectivity index (χ2n) is 7.06. The molecule has 1 amide bonds. The van der Waals surface area contributed by atoms with E-state index in [9.17, 15) is 13.2 Å². The highest BCUT2D eigenvalue weighted by molar-refractivity contribution is 7.89. The maximum atomic E-state index is 12.7. The molecule has 0 bridgehead atoms. The Morgan fingerprint density at radius 2 is 1.70 bits per heavy atom. The van der Waals surface area contributed by atoms with Crippen molar-refractivity contribution in [3.8, 4) is 5.75 Å². The molecule has 1 aliphatic heterocycles. The maximum Gasteiger partial charge on any atom is 0.254 e. The standard InChI is InChI=1S/C21H26N4O4S/c1-17-3-9-20(10-4-17)30(27,28)25-13-11-24(12-14-25)16-21(26)23-22-15-18-5-7-19(29-2)8-6-18/h3-10,15H,11-14,16H2,1-2H3,(H,23,26)/b22-15+. The molecule has 3 rings (SSSR count). The molecule has 1 saturated heterocycles. The van der Waals surface area contributed by atoms with Gasteiger partial charge in [-0.3, -0.25) is 9.69 Å². The molecule has 0 aliphatic carbocycles. The van der Waals surface area contributed by atoms with Crippen LogP contribution in [0, 0.1) is 6.92 Å². The summed E-state index contributed by atoms with van der Waals surface area (Å²) in [6.45, 7) is 3.75. The molecule has 0 atom stereocenters. The van der Waals surface area contributed by atoms with E-state index in [4.69, 9.17) is 4.74 Å². The van der Waals surface area contributed by atoms with Crippen molar-refractivity contribution in [2.75, 3.05) is 39.8 Å². The number of benzene rings is 2. The third-order valence-corrected chi connectivity index (χ3v) is 6.79. The van der Waals surface area contributed by atoms with Crippen molar-refractivity contribution in [1.82, 2.24) is 14.6 Å². The summed E-state index contributed by atoms with van der Waals surface area (Å²) in [6, 6.07) is 14.1. The SMILES string of the molecule is COc1ccc(/C=N/NC(=O)CN2CCN(S(=O)(=O)c3ccc(C)cc3)CC2)cc1. The highest BCUT2D eigenvalue weighted by Gasteiger charge is 2.28. The Balaban J connectivity index is 1.46. The van der Waals surface area contributed by atoms with Crippen molar-refractivity contribution in [2.45, 2.75) is 11.8 Å². The minimum atomic E-state index is -3.51. The highest BCUT2D eigenvalue weighted by Crippen LogP contribution is 2.18. The van der Waals surface area contributed by atoms with Crippen LogP contribution in [0.4, 0.5) is 0 Å². The Morgan fingerprint density at radius 1 is 1.07 bits per heavy atom. The minimum Gasteiger partial charge on any atom is -0.497 e. The maximum absolute atomic E-state index is 12.7. The lowest BCUT2D eigenvalue weighted by atomic mass is 10.2. The first-order valence-corrected chi connectivity index (χ1v) is 11.1. The second-order valence-corrected chi connectivity index (χ2v) is 9.00. The van der Waals surface area contributed by atoms with Crippen LogP contribution in [-0.4, -0.2) is 69.6 Å². The number of piperazine rings is 1. The number of aryl methyl sites for hydroxylation is 1. The predicted molar refractivity (Wildman–Crippen MR) is 115 cm³/mol. The number of carbonyl (C=O) groups is 1. The summed E-state index contributed by atoms with van der Waals surface area (Å²) in [6.07, 6.45) is 1.56. The van der Waals surface area contributed by atoms with E-state index in [1.807, 2.05) is 36.1 Å². The monoisotopic (exact) mass is 430 g/mol. The van der Waals surface area contributed by atoms with Crippen LogP contribution in [0.1, 0.15) is 11.1 Å². The van der Waals surface area contributed by atoms with E-state index in [0.29, 0.717) is 31.1 Å². The highest BCUT2D eigenvalue weighted by atomic mass is 32.2. The predicted octanol–water partition coefficient (Wildman–Crippen LogP) is 1.46. The van der Waals surface area contributed by atoms with Gasteiger partial charge in [-0.05, 0) is 48.9 Å². The smallest absolute Gasteiger partial charge is 0.254 e. The number of sulfonamides is 1. The molecule has 30 heavy (non-hydrogen) atoms. The summed E-state index contributed by atoms with van der Waals surface area (Å²) >= 11 is 0. The van der Waals surface area contributed by atoms with Gasteiger partial charge in [-0.25, -0.2) is 13.8 Å². The zero-order valence-corrected chi connectivity index (χ0v) is 17.9. The van der Waals surface area contributed by atoms with Crippen molar-refractivity contribution >= 4 is 22.1 Å². The van der Waals surface area contributed by atoms with Gasteiger partial charge in [0, 0.05) is 26.2 Å². The van der Waals surface area contributed by atoms with Gasteiger partial charge in [-0.15, -0.1) is 0 Å². The fourth-order valence-electron chi connectivity index (χ4n) is 3.09. The van der Waals surface area contributed by atoms with E-state index >= 15 is 0 Å². The van der Waals surface area contributed by atoms with Crippen molar-refractivity contribution in [1.29, 1.82) is 0 Å². The lowest BCUT2D eigenvalue weighted by Crippen LogP contribution is -2.50. The van der Waals surface area contributed by atoms with Crippen LogP contribution in [0.25, 0.3) is 0 Å². The van der Waals surface area contributed by atoms with Gasteiger partial charge in [-0.1, -0.05) is 17.7 Å². The quantitative estimate of drug-likeness (QED) is 0.531. The summed E-state index contributed by atoms with van der Waals surface area (Å²) in [5.74, 6) is 0.509. The van der Waals surface area contributed by atoms with Crippen molar-refractivity contribution in [2.24, 2.45) is 5.10 Å². The Labute approximate surface area is 177 Å². The number of carbonyl (C=O) groups excluding carboxylic acids is 1. The van der Waals surface area contributed by atoms with Gasteiger partial charge in [0.05, 0.1) is 24.8 Å². The summed E-state index contributed by atoms with van der Waals surface area (Å²) in [5.41, 5.74) is 4.36. The Kier molecular flexibility index (Phi) is 7.20. The van der Waals surface area contributed by atoms with Gasteiger partial charge in [-0.2, -0.15) is 9.41 Å². The van der Waals surface area contributed by atoms with Crippen LogP contribution in [0.5, 0.6) is 5.75 Å². The molecule has 8 nitrogen and oxygen atoms in total. The Morgan fingerprint density at radius 3 is 2.30 bits per heavy atom. The number of rotatable bonds is 7. The molecule has 160 valence electrons. The fraction of sp³-hybridized carbons (Fsp3) is 0.333. The third kappa shape index (κ3) is 5.65. The zero-order valence-electron chi connectivity index (χ0n) is 17.1. The molecular weight excluding hydrogens is 404 g/mol. The van der Waals surface area contributed by atoms with Gasteiger partial charge < -0.3 is 4.74 Å². The number of nitrogens with zero attached hydrogens (tertiary/aromatic N) is 3. The summed E-state index contributed by atoms with van der Waals surface area (Å²) < 4.78 is 32.0. The van der Waals surface area contributed by atoms with Crippen molar-refractivity contribution in [3.05, 3.63) is 59.7 Å². The molecule has 1 heterocycles. The lowest BCUT2D eigenvalue weighted by molar-refractivity contribution is -0.122. The average Bonchev–Trinajstić information content (AvgIpc) is 2.75. The van der Waals surface area contributed by atoms with E-state index < -0.39 is 10.0 Å². The minimum absolute atomic E-state index is 0.165. The van der Waals surface area contributed by atoms with Gasteiger partial charge in [0.1, 0.15) is 5.75 Å². The molecule has 2 aromatic rings. The molecule has 0 saturated carbocycles. The van der Waals surface area contributed by atoms with E-state index in [-0.39, 0.29) is 12.5 Å². The Hall–Kier alpha value is -2.75. The Bertz CT molecular complexity index is 981. The van der Waals surface area contributed by atoms with Gasteiger partial charge in [0.2, 0.25) is 10.0 Å². The zero-order chi connectivity index (χ0) is 21.6. The molecular formula is C21H26N4O4S. The first kappa shape index (κ1) is 21.9. The molecule has 0 radical (unpaired) electrons. The first-order valence-electron chi connectivity index (χ1n) is 9.63. The number of amides is 1. The molecule has 1 aliphatic rings. The molecule has 0 aromatic heterocycles. The lowest BCUT2D eigenvalue weighted by Gasteiger charge is -2.33. The fourth-order valence-corrected chi connectivity index (χ4v) is 4.52. The molecule has 2 aromatic carbocycles. The van der Waals surface area contributed by atoms with E-state index in [0.717, 1.165) is 16.9 Å². The van der Waals surface area contributed by atoms with E-state index in [1.54, 1.807) is 37.6 Å². The summed E-state index contributed by atoms with van der Waals surface area (Å²) in [7, 11) is -1.91. The summed E-state index contributed by atoms with van der Waals surface area (Å²) in [5, 5.41) is 3.97. The third-order valence-electron chi connectivity index (χ3n) is 4.88. The number of hydrogen-bond acceptors (Lipinski definition) is 6. The van der Waals surface area contributed by atoms with E-state index in [1.165, 1.54) is 4.31 Å². The first-order chi connectivity index (χ1) is 14.4.